The van der Waals surface area contributed by atoms with E-state index in [1.807, 2.05) is 0 Å². The Morgan fingerprint density at radius 3 is 2.40 bits per heavy atom. The van der Waals surface area contributed by atoms with Gasteiger partial charge in [-0.1, -0.05) is 13.8 Å². The number of nitrogens with zero attached hydrogens (tertiary/aromatic N) is 1. The molecule has 2 N–H and O–H groups in total. The van der Waals surface area contributed by atoms with E-state index in [4.69, 9.17) is 0 Å². The maximum Gasteiger partial charge on any atom is 0.0693 e. The van der Waals surface area contributed by atoms with Gasteiger partial charge in [-0.2, -0.15) is 0 Å². The lowest BCUT2D eigenvalue weighted by Gasteiger charge is -2.30. The Bertz CT molecular complexity index is 182. The number of hydrogen-bond donors (Lipinski definition) is 2. The van der Waals surface area contributed by atoms with E-state index in [1.165, 1.54) is 0 Å². The zero-order valence-corrected chi connectivity index (χ0v) is 10.5. The largest absolute Gasteiger partial charge is 0.392 e. The van der Waals surface area contributed by atoms with Crippen LogP contribution >= 0.6 is 0 Å². The lowest BCUT2D eigenvalue weighted by atomic mass is 10.0. The van der Waals surface area contributed by atoms with Gasteiger partial charge in [0, 0.05) is 18.6 Å². The first-order chi connectivity index (χ1) is 7.00. The third kappa shape index (κ3) is 4.09. The summed E-state index contributed by atoms with van der Waals surface area (Å²) in [7, 11) is 4.20. The molecule has 1 aliphatic carbocycles. The Hall–Kier alpha value is -0.120. The Labute approximate surface area is 93.9 Å². The van der Waals surface area contributed by atoms with Crippen LogP contribution in [-0.2, 0) is 0 Å². The van der Waals surface area contributed by atoms with Crippen LogP contribution < -0.4 is 5.32 Å². The predicted molar refractivity (Wildman–Crippen MR) is 64.0 cm³/mol. The molecular formula is C12H26N2O. The molecule has 1 fully saturated rings. The molecule has 0 heterocycles. The first-order valence-electron chi connectivity index (χ1n) is 6.09. The second-order valence-corrected chi connectivity index (χ2v) is 5.38. The molecule has 1 unspecified atom stereocenters. The van der Waals surface area contributed by atoms with Gasteiger partial charge in [0.05, 0.1) is 6.10 Å². The van der Waals surface area contributed by atoms with E-state index in [0.717, 1.165) is 25.8 Å². The molecule has 0 radical (unpaired) electrons. The van der Waals surface area contributed by atoms with Crippen molar-refractivity contribution in [1.82, 2.24) is 10.2 Å². The van der Waals surface area contributed by atoms with Crippen LogP contribution in [0.4, 0.5) is 0 Å². The number of rotatable bonds is 5. The van der Waals surface area contributed by atoms with Crippen LogP contribution in [0.2, 0.25) is 0 Å². The normalized spacial score (nSPS) is 29.0. The van der Waals surface area contributed by atoms with Gasteiger partial charge in [0.15, 0.2) is 0 Å². The number of aliphatic hydroxyl groups is 1. The van der Waals surface area contributed by atoms with Gasteiger partial charge in [0.2, 0.25) is 0 Å². The van der Waals surface area contributed by atoms with Crippen molar-refractivity contribution in [3.63, 3.8) is 0 Å². The van der Waals surface area contributed by atoms with Crippen molar-refractivity contribution in [2.45, 2.75) is 51.3 Å². The highest BCUT2D eigenvalue weighted by Gasteiger charge is 2.28. The summed E-state index contributed by atoms with van der Waals surface area (Å²) in [6.07, 6.45) is 3.11. The van der Waals surface area contributed by atoms with Gasteiger partial charge in [-0.05, 0) is 39.3 Å². The summed E-state index contributed by atoms with van der Waals surface area (Å²) in [6.45, 7) is 5.52. The van der Waals surface area contributed by atoms with Crippen LogP contribution in [0.15, 0.2) is 0 Å². The fourth-order valence-corrected chi connectivity index (χ4v) is 2.26. The predicted octanol–water partition coefficient (Wildman–Crippen LogP) is 1.08. The van der Waals surface area contributed by atoms with Crippen molar-refractivity contribution in [3.05, 3.63) is 0 Å². The molecule has 0 aliphatic heterocycles. The molecule has 1 aliphatic rings. The standard InChI is InChI=1S/C12H26N2O/c1-9(2)11(8-14(3)4)13-10-6-5-7-12(10)15/h9-13,15H,5-8H2,1-4H3/t10-,11?,12-/m1/s1. The summed E-state index contributed by atoms with van der Waals surface area (Å²) in [5.74, 6) is 0.611. The topological polar surface area (TPSA) is 35.5 Å². The Morgan fingerprint density at radius 1 is 1.33 bits per heavy atom. The molecule has 3 heteroatoms. The molecule has 3 nitrogen and oxygen atoms in total. The molecule has 1 rings (SSSR count). The smallest absolute Gasteiger partial charge is 0.0693 e. The van der Waals surface area contributed by atoms with Crippen LogP contribution in [0, 0.1) is 5.92 Å². The van der Waals surface area contributed by atoms with E-state index in [1.54, 1.807) is 0 Å². The van der Waals surface area contributed by atoms with Gasteiger partial charge in [0.1, 0.15) is 0 Å². The van der Waals surface area contributed by atoms with Crippen molar-refractivity contribution >= 4 is 0 Å². The van der Waals surface area contributed by atoms with Crippen molar-refractivity contribution < 1.29 is 5.11 Å². The molecule has 0 spiro atoms. The molecule has 15 heavy (non-hydrogen) atoms. The van der Waals surface area contributed by atoms with Crippen molar-refractivity contribution in [3.8, 4) is 0 Å². The number of aliphatic hydroxyl groups excluding tert-OH is 1. The average molecular weight is 214 g/mol. The third-order valence-corrected chi connectivity index (χ3v) is 3.27. The van der Waals surface area contributed by atoms with E-state index in [-0.39, 0.29) is 6.10 Å². The number of likely N-dealkylation sites (N-methyl/N-ethyl adjacent to an activating group) is 1. The van der Waals surface area contributed by atoms with E-state index >= 15 is 0 Å². The second kappa shape index (κ2) is 5.83. The van der Waals surface area contributed by atoms with Crippen LogP contribution in [0.1, 0.15) is 33.1 Å². The van der Waals surface area contributed by atoms with Crippen LogP contribution in [-0.4, -0.2) is 48.8 Å². The number of nitrogens with one attached hydrogen (secondary N) is 1. The van der Waals surface area contributed by atoms with Crippen molar-refractivity contribution in [1.29, 1.82) is 0 Å². The molecule has 0 amide bonds. The molecule has 0 aromatic rings. The maximum absolute atomic E-state index is 9.78. The van der Waals surface area contributed by atoms with Gasteiger partial charge < -0.3 is 15.3 Å². The maximum atomic E-state index is 9.78. The first kappa shape index (κ1) is 12.9. The van der Waals surface area contributed by atoms with Gasteiger partial charge in [-0.25, -0.2) is 0 Å². The molecule has 0 saturated heterocycles. The zero-order chi connectivity index (χ0) is 11.4. The fourth-order valence-electron chi connectivity index (χ4n) is 2.26. The zero-order valence-electron chi connectivity index (χ0n) is 10.5. The van der Waals surface area contributed by atoms with Crippen molar-refractivity contribution in [2.75, 3.05) is 20.6 Å². The minimum absolute atomic E-state index is 0.131. The van der Waals surface area contributed by atoms with Gasteiger partial charge in [0.25, 0.3) is 0 Å². The monoisotopic (exact) mass is 214 g/mol. The lowest BCUT2D eigenvalue weighted by Crippen LogP contribution is -2.49. The minimum atomic E-state index is -0.131. The van der Waals surface area contributed by atoms with Crippen LogP contribution in [0.3, 0.4) is 0 Å². The highest BCUT2D eigenvalue weighted by molar-refractivity contribution is 4.87. The average Bonchev–Trinajstić information content (AvgIpc) is 2.50. The quantitative estimate of drug-likeness (QED) is 0.719. The highest BCUT2D eigenvalue weighted by atomic mass is 16.3. The third-order valence-electron chi connectivity index (χ3n) is 3.27. The summed E-state index contributed by atoms with van der Waals surface area (Å²) in [4.78, 5) is 2.21. The molecule has 0 bridgehead atoms. The molecule has 90 valence electrons. The van der Waals surface area contributed by atoms with Crippen molar-refractivity contribution in [2.24, 2.45) is 5.92 Å². The van der Waals surface area contributed by atoms with Gasteiger partial charge in [-0.15, -0.1) is 0 Å². The fraction of sp³-hybridized carbons (Fsp3) is 1.00. The molecule has 3 atom stereocenters. The number of hydrogen-bond acceptors (Lipinski definition) is 3. The summed E-state index contributed by atoms with van der Waals surface area (Å²) in [6, 6.07) is 0.801. The van der Waals surface area contributed by atoms with E-state index in [9.17, 15) is 5.11 Å². The van der Waals surface area contributed by atoms with Crippen LogP contribution in [0.25, 0.3) is 0 Å². The van der Waals surface area contributed by atoms with E-state index in [0.29, 0.717) is 18.0 Å². The molecule has 0 aromatic carbocycles. The summed E-state index contributed by atoms with van der Waals surface area (Å²) in [5, 5.41) is 13.4. The summed E-state index contributed by atoms with van der Waals surface area (Å²) < 4.78 is 0. The van der Waals surface area contributed by atoms with Gasteiger partial charge >= 0.3 is 0 Å². The molecule has 0 aromatic heterocycles. The summed E-state index contributed by atoms with van der Waals surface area (Å²) >= 11 is 0. The summed E-state index contributed by atoms with van der Waals surface area (Å²) in [5.41, 5.74) is 0. The molecule has 1 saturated carbocycles. The molecular weight excluding hydrogens is 188 g/mol. The van der Waals surface area contributed by atoms with E-state index < -0.39 is 0 Å². The van der Waals surface area contributed by atoms with Crippen LogP contribution in [0.5, 0.6) is 0 Å². The second-order valence-electron chi connectivity index (χ2n) is 5.38. The van der Waals surface area contributed by atoms with Gasteiger partial charge in [-0.3, -0.25) is 0 Å². The SMILES string of the molecule is CC(C)C(CN(C)C)N[C@@H]1CCC[C@H]1O. The first-order valence-corrected chi connectivity index (χ1v) is 6.09. The highest BCUT2D eigenvalue weighted by Crippen LogP contribution is 2.20. The van der Waals surface area contributed by atoms with E-state index in [2.05, 4.69) is 38.2 Å². The Balaban J connectivity index is 2.43. The Kier molecular flexibility index (Phi) is 5.03. The minimum Gasteiger partial charge on any atom is -0.392 e. The lowest BCUT2D eigenvalue weighted by molar-refractivity contribution is 0.132. The Morgan fingerprint density at radius 2 is 2.00 bits per heavy atom.